The second kappa shape index (κ2) is 2.48. The molecule has 1 aromatic rings. The molecule has 0 radical (unpaired) electrons. The second-order valence-corrected chi connectivity index (χ2v) is 3.15. The molecule has 0 saturated carbocycles. The summed E-state index contributed by atoms with van der Waals surface area (Å²) in [5.74, 6) is 0.238. The van der Waals surface area contributed by atoms with E-state index in [4.69, 9.17) is 4.84 Å². The molecule has 0 amide bonds. The van der Waals surface area contributed by atoms with Crippen LogP contribution in [0, 0.1) is 0 Å². The Hall–Kier alpha value is -0.580. The van der Waals surface area contributed by atoms with Crippen LogP contribution in [0.25, 0.3) is 0 Å². The summed E-state index contributed by atoms with van der Waals surface area (Å²) in [5.41, 5.74) is 3.40. The summed E-state index contributed by atoms with van der Waals surface area (Å²) in [5, 5.41) is 9.44. The summed E-state index contributed by atoms with van der Waals surface area (Å²) < 4.78 is 0.687. The first-order chi connectivity index (χ1) is 5.29. The lowest BCUT2D eigenvalue weighted by atomic mass is 10.2. The SMILES string of the molecule is Oc1c(Br)cccc1C1NO1. The fourth-order valence-corrected chi connectivity index (χ4v) is 1.29. The zero-order valence-electron chi connectivity index (χ0n) is 5.54. The van der Waals surface area contributed by atoms with Gasteiger partial charge in [0.15, 0.2) is 6.23 Å². The molecule has 1 aliphatic heterocycles. The van der Waals surface area contributed by atoms with Crippen molar-refractivity contribution in [2.24, 2.45) is 0 Å². The topological polar surface area (TPSA) is 54.7 Å². The Morgan fingerprint density at radius 3 is 2.91 bits per heavy atom. The molecule has 1 saturated heterocycles. The summed E-state index contributed by atoms with van der Waals surface area (Å²) in [6, 6.07) is 5.44. The van der Waals surface area contributed by atoms with E-state index in [2.05, 4.69) is 21.4 Å². The van der Waals surface area contributed by atoms with Crippen LogP contribution in [0.15, 0.2) is 22.7 Å². The van der Waals surface area contributed by atoms with Gasteiger partial charge in [0.2, 0.25) is 0 Å². The molecular weight excluding hydrogens is 210 g/mol. The summed E-state index contributed by atoms with van der Waals surface area (Å²) in [6.07, 6.45) is -0.132. The van der Waals surface area contributed by atoms with Crippen LogP contribution >= 0.6 is 15.9 Å². The van der Waals surface area contributed by atoms with Crippen LogP contribution in [0.5, 0.6) is 5.75 Å². The van der Waals surface area contributed by atoms with E-state index in [0.717, 1.165) is 5.56 Å². The van der Waals surface area contributed by atoms with Gasteiger partial charge in [0.1, 0.15) is 5.75 Å². The van der Waals surface area contributed by atoms with E-state index in [-0.39, 0.29) is 12.0 Å². The van der Waals surface area contributed by atoms with Crippen molar-refractivity contribution in [2.75, 3.05) is 0 Å². The summed E-state index contributed by atoms with van der Waals surface area (Å²) in [6.45, 7) is 0. The Labute approximate surface area is 72.1 Å². The first-order valence-corrected chi connectivity index (χ1v) is 3.97. The molecule has 1 unspecified atom stereocenters. The third-order valence-corrected chi connectivity index (χ3v) is 2.18. The third-order valence-electron chi connectivity index (χ3n) is 1.54. The van der Waals surface area contributed by atoms with E-state index < -0.39 is 0 Å². The molecule has 1 heterocycles. The first kappa shape index (κ1) is 7.09. The average Bonchev–Trinajstić information content (AvgIpc) is 2.77. The number of benzene rings is 1. The van der Waals surface area contributed by atoms with Gasteiger partial charge in [0.25, 0.3) is 0 Å². The quantitative estimate of drug-likeness (QED) is 0.702. The Morgan fingerprint density at radius 1 is 1.55 bits per heavy atom. The van der Waals surface area contributed by atoms with E-state index in [1.807, 2.05) is 12.1 Å². The predicted molar refractivity (Wildman–Crippen MR) is 42.8 cm³/mol. The number of nitrogens with one attached hydrogen (secondary N) is 1. The van der Waals surface area contributed by atoms with Crippen molar-refractivity contribution < 1.29 is 9.94 Å². The monoisotopic (exact) mass is 215 g/mol. The Bertz CT molecular complexity index is 286. The van der Waals surface area contributed by atoms with Gasteiger partial charge in [-0.2, -0.15) is 5.48 Å². The number of hydroxylamine groups is 1. The zero-order chi connectivity index (χ0) is 7.84. The lowest BCUT2D eigenvalue weighted by Gasteiger charge is -2.00. The molecule has 2 rings (SSSR count). The number of phenols is 1. The molecule has 11 heavy (non-hydrogen) atoms. The highest BCUT2D eigenvalue weighted by molar-refractivity contribution is 9.10. The molecule has 1 aliphatic rings. The molecule has 0 spiro atoms. The van der Waals surface area contributed by atoms with E-state index in [0.29, 0.717) is 4.47 Å². The fourth-order valence-electron chi connectivity index (χ4n) is 0.905. The van der Waals surface area contributed by atoms with Crippen LogP contribution in [0.1, 0.15) is 11.8 Å². The molecular formula is C7H6BrNO2. The second-order valence-electron chi connectivity index (χ2n) is 2.29. The number of aromatic hydroxyl groups is 1. The first-order valence-electron chi connectivity index (χ1n) is 3.17. The summed E-state index contributed by atoms with van der Waals surface area (Å²) >= 11 is 3.21. The molecule has 0 aromatic heterocycles. The number of phenolic OH excluding ortho intramolecular Hbond substituents is 1. The van der Waals surface area contributed by atoms with Crippen molar-refractivity contribution in [2.45, 2.75) is 6.23 Å². The molecule has 58 valence electrons. The average molecular weight is 216 g/mol. The summed E-state index contributed by atoms with van der Waals surface area (Å²) in [7, 11) is 0. The minimum atomic E-state index is -0.132. The molecule has 1 atom stereocenters. The number of hydrogen-bond acceptors (Lipinski definition) is 3. The van der Waals surface area contributed by atoms with Crippen molar-refractivity contribution in [3.8, 4) is 5.75 Å². The van der Waals surface area contributed by atoms with Crippen molar-refractivity contribution in [3.05, 3.63) is 28.2 Å². The summed E-state index contributed by atoms with van der Waals surface area (Å²) in [4.78, 5) is 4.80. The molecule has 0 aliphatic carbocycles. The van der Waals surface area contributed by atoms with Gasteiger partial charge in [-0.3, -0.25) is 4.84 Å². The number of rotatable bonds is 1. The maximum absolute atomic E-state index is 9.44. The van der Waals surface area contributed by atoms with Gasteiger partial charge < -0.3 is 5.11 Å². The van der Waals surface area contributed by atoms with Crippen LogP contribution < -0.4 is 5.48 Å². The van der Waals surface area contributed by atoms with Crippen molar-refractivity contribution >= 4 is 15.9 Å². The number of hydrogen-bond donors (Lipinski definition) is 2. The Kier molecular flexibility index (Phi) is 1.60. The number of para-hydroxylation sites is 1. The highest BCUT2D eigenvalue weighted by atomic mass is 79.9. The lowest BCUT2D eigenvalue weighted by molar-refractivity contribution is 0.367. The van der Waals surface area contributed by atoms with E-state index in [1.54, 1.807) is 6.07 Å². The zero-order valence-corrected chi connectivity index (χ0v) is 7.13. The Morgan fingerprint density at radius 2 is 2.27 bits per heavy atom. The molecule has 1 aromatic carbocycles. The molecule has 1 fully saturated rings. The smallest absolute Gasteiger partial charge is 0.180 e. The predicted octanol–water partition coefficient (Wildman–Crippen LogP) is 1.69. The van der Waals surface area contributed by atoms with Gasteiger partial charge in [-0.15, -0.1) is 0 Å². The van der Waals surface area contributed by atoms with Crippen molar-refractivity contribution in [3.63, 3.8) is 0 Å². The minimum absolute atomic E-state index is 0.132. The lowest BCUT2D eigenvalue weighted by Crippen LogP contribution is -1.84. The van der Waals surface area contributed by atoms with Crippen LogP contribution in [0.2, 0.25) is 0 Å². The van der Waals surface area contributed by atoms with Crippen molar-refractivity contribution in [1.29, 1.82) is 0 Å². The molecule has 3 nitrogen and oxygen atoms in total. The van der Waals surface area contributed by atoms with Gasteiger partial charge in [0, 0.05) is 5.56 Å². The molecule has 0 bridgehead atoms. The highest BCUT2D eigenvalue weighted by Gasteiger charge is 2.27. The maximum atomic E-state index is 9.44. The molecule has 4 heteroatoms. The van der Waals surface area contributed by atoms with E-state index >= 15 is 0 Å². The van der Waals surface area contributed by atoms with Crippen LogP contribution in [0.4, 0.5) is 0 Å². The van der Waals surface area contributed by atoms with Crippen LogP contribution in [0.3, 0.4) is 0 Å². The van der Waals surface area contributed by atoms with Gasteiger partial charge in [-0.1, -0.05) is 12.1 Å². The minimum Gasteiger partial charge on any atom is -0.506 e. The van der Waals surface area contributed by atoms with E-state index in [1.165, 1.54) is 0 Å². The number of halogens is 1. The van der Waals surface area contributed by atoms with Gasteiger partial charge in [-0.05, 0) is 22.0 Å². The molecule has 2 N–H and O–H groups in total. The maximum Gasteiger partial charge on any atom is 0.180 e. The fraction of sp³-hybridized carbons (Fsp3) is 0.143. The standard InChI is InChI=1S/C7H6BrNO2/c8-5-3-1-2-4(6(5)10)7-9-11-7/h1-3,7,9-10H. The Balaban J connectivity index is 2.45. The van der Waals surface area contributed by atoms with E-state index in [9.17, 15) is 5.11 Å². The third kappa shape index (κ3) is 1.24. The van der Waals surface area contributed by atoms with Crippen LogP contribution in [-0.4, -0.2) is 5.11 Å². The van der Waals surface area contributed by atoms with Gasteiger partial charge in [-0.25, -0.2) is 0 Å². The van der Waals surface area contributed by atoms with Gasteiger partial charge >= 0.3 is 0 Å². The normalized spacial score (nSPS) is 21.7. The highest BCUT2D eigenvalue weighted by Crippen LogP contribution is 2.35. The largest absolute Gasteiger partial charge is 0.506 e. The van der Waals surface area contributed by atoms with Gasteiger partial charge in [0.05, 0.1) is 4.47 Å². The van der Waals surface area contributed by atoms with Crippen molar-refractivity contribution in [1.82, 2.24) is 5.48 Å². The van der Waals surface area contributed by atoms with Crippen LogP contribution in [-0.2, 0) is 4.84 Å².